The van der Waals surface area contributed by atoms with E-state index in [0.29, 0.717) is 25.4 Å². The Kier molecular flexibility index (Phi) is 8.24. The number of nitrogens with zero attached hydrogens (tertiary/aromatic N) is 2. The van der Waals surface area contributed by atoms with Crippen LogP contribution in [0.5, 0.6) is 5.75 Å². The molecule has 0 unspecified atom stereocenters. The zero-order valence-corrected chi connectivity index (χ0v) is 20.8. The summed E-state index contributed by atoms with van der Waals surface area (Å²) in [7, 11) is -2.17. The first-order valence-corrected chi connectivity index (χ1v) is 13.7. The summed E-state index contributed by atoms with van der Waals surface area (Å²) in [5.74, 6) is 0.00446. The number of methoxy groups -OCH3 is 1. The number of hydrogen-bond donors (Lipinski definition) is 1. The van der Waals surface area contributed by atoms with E-state index in [9.17, 15) is 13.2 Å². The molecular formula is C26H35N3O4S. The lowest BCUT2D eigenvalue weighted by molar-refractivity contribution is 0.0947. The van der Waals surface area contributed by atoms with Gasteiger partial charge in [0.2, 0.25) is 10.0 Å². The number of hydrogen-bond acceptors (Lipinski definition) is 5. The van der Waals surface area contributed by atoms with Crippen molar-refractivity contribution in [3.8, 4) is 5.75 Å². The Hall–Kier alpha value is -2.42. The lowest BCUT2D eigenvalue weighted by atomic mass is 10.1. The van der Waals surface area contributed by atoms with Crippen LogP contribution in [-0.4, -0.2) is 56.8 Å². The van der Waals surface area contributed by atoms with Crippen molar-refractivity contribution in [3.05, 3.63) is 59.2 Å². The summed E-state index contributed by atoms with van der Waals surface area (Å²) in [5, 5.41) is 2.94. The fourth-order valence-corrected chi connectivity index (χ4v) is 6.31. The molecule has 0 radical (unpaired) electrons. The highest BCUT2D eigenvalue weighted by Gasteiger charge is 2.27. The third kappa shape index (κ3) is 5.98. The minimum atomic E-state index is -3.66. The van der Waals surface area contributed by atoms with E-state index in [4.69, 9.17) is 4.74 Å². The third-order valence-electron chi connectivity index (χ3n) is 6.67. The first-order valence-electron chi connectivity index (χ1n) is 12.2. The van der Waals surface area contributed by atoms with Crippen molar-refractivity contribution < 1.29 is 17.9 Å². The minimum Gasteiger partial charge on any atom is -0.496 e. The van der Waals surface area contributed by atoms with Crippen LogP contribution in [0.1, 0.15) is 60.0 Å². The average molecular weight is 486 g/mol. The molecule has 2 aromatic rings. The molecule has 1 amide bonds. The first-order chi connectivity index (χ1) is 16.5. The minimum absolute atomic E-state index is 0.132. The maximum absolute atomic E-state index is 13.2. The molecule has 0 bridgehead atoms. The van der Waals surface area contributed by atoms with E-state index < -0.39 is 10.0 Å². The smallest absolute Gasteiger partial charge is 0.255 e. The molecule has 8 heteroatoms. The number of carbonyl (C=O) groups is 1. The molecular weight excluding hydrogens is 450 g/mol. The average Bonchev–Trinajstić information content (AvgIpc) is 3.20. The summed E-state index contributed by atoms with van der Waals surface area (Å²) in [5.41, 5.74) is 2.47. The summed E-state index contributed by atoms with van der Waals surface area (Å²) in [6, 6.07) is 12.8. The second-order valence-electron chi connectivity index (χ2n) is 9.17. The number of amides is 1. The van der Waals surface area contributed by atoms with E-state index in [1.807, 2.05) is 12.1 Å². The largest absolute Gasteiger partial charge is 0.496 e. The molecule has 1 N–H and O–H groups in total. The van der Waals surface area contributed by atoms with Gasteiger partial charge in [0.1, 0.15) is 5.75 Å². The number of benzene rings is 2. The van der Waals surface area contributed by atoms with Crippen LogP contribution in [0.2, 0.25) is 0 Å². The predicted molar refractivity (Wildman–Crippen MR) is 132 cm³/mol. The molecule has 2 heterocycles. The van der Waals surface area contributed by atoms with Gasteiger partial charge in [0.15, 0.2) is 0 Å². The van der Waals surface area contributed by atoms with Crippen molar-refractivity contribution in [2.75, 3.05) is 33.3 Å². The van der Waals surface area contributed by atoms with Gasteiger partial charge in [-0.15, -0.1) is 0 Å². The Morgan fingerprint density at radius 1 is 0.912 bits per heavy atom. The quantitative estimate of drug-likeness (QED) is 0.616. The van der Waals surface area contributed by atoms with Crippen LogP contribution in [0.15, 0.2) is 47.4 Å². The molecule has 184 valence electrons. The Morgan fingerprint density at radius 2 is 1.59 bits per heavy atom. The van der Waals surface area contributed by atoms with Gasteiger partial charge in [-0.1, -0.05) is 37.1 Å². The SMILES string of the molecule is COc1ccc(S(=O)(=O)N2CCCCCC2)cc1C(=O)NCc1cccc(CN2CCCC2)c1. The number of likely N-dealkylation sites (tertiary alicyclic amines) is 1. The van der Waals surface area contributed by atoms with E-state index in [0.717, 1.165) is 50.9 Å². The standard InChI is InChI=1S/C26H35N3O4S/c1-33-25-12-11-23(34(31,32)29-15-4-2-3-5-16-29)18-24(25)26(30)27-19-21-9-8-10-22(17-21)20-28-13-6-7-14-28/h8-12,17-18H,2-7,13-16,19-20H2,1H3,(H,27,30). The van der Waals surface area contributed by atoms with E-state index >= 15 is 0 Å². The molecule has 4 rings (SSSR count). The Labute approximate surface area is 203 Å². The molecule has 0 aromatic heterocycles. The van der Waals surface area contributed by atoms with Gasteiger partial charge in [-0.05, 0) is 68.1 Å². The van der Waals surface area contributed by atoms with Crippen LogP contribution >= 0.6 is 0 Å². The van der Waals surface area contributed by atoms with Gasteiger partial charge in [-0.25, -0.2) is 8.42 Å². The molecule has 2 aliphatic heterocycles. The van der Waals surface area contributed by atoms with Crippen molar-refractivity contribution in [1.29, 1.82) is 0 Å². The first kappa shape index (κ1) is 24.7. The van der Waals surface area contributed by atoms with E-state index in [2.05, 4.69) is 22.3 Å². The van der Waals surface area contributed by atoms with E-state index in [1.54, 1.807) is 6.07 Å². The maximum Gasteiger partial charge on any atom is 0.255 e. The van der Waals surface area contributed by atoms with Crippen molar-refractivity contribution in [3.63, 3.8) is 0 Å². The molecule has 0 aliphatic carbocycles. The van der Waals surface area contributed by atoms with Crippen LogP contribution in [0.3, 0.4) is 0 Å². The summed E-state index contributed by atoms with van der Waals surface area (Å²) >= 11 is 0. The molecule has 2 fully saturated rings. The normalized spacial score (nSPS) is 17.9. The lowest BCUT2D eigenvalue weighted by Crippen LogP contribution is -2.32. The number of carbonyl (C=O) groups excluding carboxylic acids is 1. The second kappa shape index (κ2) is 11.3. The van der Waals surface area contributed by atoms with Gasteiger partial charge >= 0.3 is 0 Å². The Bertz CT molecular complexity index is 1090. The molecule has 0 atom stereocenters. The third-order valence-corrected chi connectivity index (χ3v) is 8.56. The number of rotatable bonds is 8. The molecule has 2 aliphatic rings. The van der Waals surface area contributed by atoms with Gasteiger partial charge in [0, 0.05) is 26.2 Å². The highest BCUT2D eigenvalue weighted by atomic mass is 32.2. The predicted octanol–water partition coefficient (Wildman–Crippen LogP) is 3.79. The molecule has 2 saturated heterocycles. The summed E-state index contributed by atoms with van der Waals surface area (Å²) in [4.78, 5) is 15.6. The zero-order chi connectivity index (χ0) is 24.0. The zero-order valence-electron chi connectivity index (χ0n) is 20.0. The molecule has 34 heavy (non-hydrogen) atoms. The van der Waals surface area contributed by atoms with E-state index in [-0.39, 0.29) is 16.4 Å². The van der Waals surface area contributed by atoms with Gasteiger partial charge < -0.3 is 10.1 Å². The van der Waals surface area contributed by atoms with Crippen molar-refractivity contribution >= 4 is 15.9 Å². The molecule has 7 nitrogen and oxygen atoms in total. The molecule has 2 aromatic carbocycles. The lowest BCUT2D eigenvalue weighted by Gasteiger charge is -2.20. The highest BCUT2D eigenvalue weighted by molar-refractivity contribution is 7.89. The fraction of sp³-hybridized carbons (Fsp3) is 0.500. The Balaban J connectivity index is 1.47. The van der Waals surface area contributed by atoms with Crippen LogP contribution in [-0.2, 0) is 23.1 Å². The number of ether oxygens (including phenoxy) is 1. The molecule has 0 spiro atoms. The van der Waals surface area contributed by atoms with Crippen molar-refractivity contribution in [1.82, 2.24) is 14.5 Å². The second-order valence-corrected chi connectivity index (χ2v) is 11.1. The molecule has 0 saturated carbocycles. The highest BCUT2D eigenvalue weighted by Crippen LogP contribution is 2.26. The Morgan fingerprint density at radius 3 is 2.29 bits per heavy atom. The van der Waals surface area contributed by atoms with Crippen LogP contribution in [0.4, 0.5) is 0 Å². The number of nitrogens with one attached hydrogen (secondary N) is 1. The fourth-order valence-electron chi connectivity index (χ4n) is 4.77. The van der Waals surface area contributed by atoms with Crippen LogP contribution in [0.25, 0.3) is 0 Å². The van der Waals surface area contributed by atoms with Crippen molar-refractivity contribution in [2.45, 2.75) is 56.5 Å². The maximum atomic E-state index is 13.2. The van der Waals surface area contributed by atoms with Crippen molar-refractivity contribution in [2.24, 2.45) is 0 Å². The van der Waals surface area contributed by atoms with Crippen LogP contribution in [0, 0.1) is 0 Å². The van der Waals surface area contributed by atoms with Gasteiger partial charge in [-0.3, -0.25) is 9.69 Å². The van der Waals surface area contributed by atoms with E-state index in [1.165, 1.54) is 42.0 Å². The van der Waals surface area contributed by atoms with Crippen LogP contribution < -0.4 is 10.1 Å². The number of sulfonamides is 1. The van der Waals surface area contributed by atoms with Gasteiger partial charge in [0.25, 0.3) is 5.91 Å². The summed E-state index contributed by atoms with van der Waals surface area (Å²) in [6.07, 6.45) is 6.32. The monoisotopic (exact) mass is 485 g/mol. The topological polar surface area (TPSA) is 79.0 Å². The summed E-state index contributed by atoms with van der Waals surface area (Å²) in [6.45, 7) is 4.59. The summed E-state index contributed by atoms with van der Waals surface area (Å²) < 4.78 is 33.4. The van der Waals surface area contributed by atoms with Gasteiger partial charge in [-0.2, -0.15) is 4.31 Å². The van der Waals surface area contributed by atoms with Gasteiger partial charge in [0.05, 0.1) is 17.6 Å².